The molecule has 134 valence electrons. The van der Waals surface area contributed by atoms with Crippen molar-refractivity contribution >= 4 is 32.4 Å². The second-order valence-electron chi connectivity index (χ2n) is 5.93. The van der Waals surface area contributed by atoms with E-state index in [2.05, 4.69) is 15.5 Å². The van der Waals surface area contributed by atoms with Gasteiger partial charge in [0.25, 0.3) is 0 Å². The highest BCUT2D eigenvalue weighted by atomic mass is 32.2. The van der Waals surface area contributed by atoms with Crippen molar-refractivity contribution in [2.24, 2.45) is 0 Å². The fraction of sp³-hybridized carbons (Fsp3) is 0.769. The van der Waals surface area contributed by atoms with Gasteiger partial charge in [0.15, 0.2) is 0 Å². The zero-order valence-electron chi connectivity index (χ0n) is 13.5. The van der Waals surface area contributed by atoms with Crippen molar-refractivity contribution in [1.82, 2.24) is 19.4 Å². The molecular weight excluding hydrogens is 354 g/mol. The van der Waals surface area contributed by atoms with Gasteiger partial charge >= 0.3 is 0 Å². The predicted molar refractivity (Wildman–Crippen MR) is 89.3 cm³/mol. The molecule has 11 heteroatoms. The number of ether oxygens (including phenoxy) is 1. The Morgan fingerprint density at radius 2 is 2.08 bits per heavy atom. The number of aromatic nitrogens is 2. The summed E-state index contributed by atoms with van der Waals surface area (Å²) < 4.78 is 29.9. The number of sulfonamides is 1. The third kappa shape index (κ3) is 4.48. The summed E-state index contributed by atoms with van der Waals surface area (Å²) in [5.74, 6) is -0.169. The molecule has 1 aromatic heterocycles. The molecule has 3 heterocycles. The zero-order valence-corrected chi connectivity index (χ0v) is 15.1. The maximum Gasteiger partial charge on any atom is 0.240 e. The first-order valence-electron chi connectivity index (χ1n) is 7.84. The van der Waals surface area contributed by atoms with Gasteiger partial charge in [0.2, 0.25) is 21.1 Å². The summed E-state index contributed by atoms with van der Waals surface area (Å²) in [6.45, 7) is 2.86. The Kier molecular flexibility index (Phi) is 5.45. The van der Waals surface area contributed by atoms with Crippen LogP contribution in [0.2, 0.25) is 0 Å². The molecule has 0 radical (unpaired) electrons. The Labute approximate surface area is 145 Å². The number of amides is 1. The van der Waals surface area contributed by atoms with E-state index in [1.807, 2.05) is 4.90 Å². The molecule has 2 fully saturated rings. The summed E-state index contributed by atoms with van der Waals surface area (Å²) in [5, 5.41) is 12.1. The van der Waals surface area contributed by atoms with Crippen LogP contribution in [0.15, 0.2) is 0 Å². The molecule has 2 saturated heterocycles. The molecule has 1 N–H and O–H groups in total. The van der Waals surface area contributed by atoms with Gasteiger partial charge < -0.3 is 4.74 Å². The first-order valence-corrected chi connectivity index (χ1v) is 10.5. The van der Waals surface area contributed by atoms with Crippen LogP contribution in [-0.4, -0.2) is 79.3 Å². The number of piperazine rings is 1. The van der Waals surface area contributed by atoms with Crippen LogP contribution in [0, 0.1) is 0 Å². The molecule has 0 unspecified atom stereocenters. The highest BCUT2D eigenvalue weighted by Crippen LogP contribution is 2.31. The van der Waals surface area contributed by atoms with Crippen molar-refractivity contribution < 1.29 is 17.9 Å². The highest BCUT2D eigenvalue weighted by Gasteiger charge is 2.25. The molecule has 2 aliphatic rings. The van der Waals surface area contributed by atoms with E-state index in [0.29, 0.717) is 31.3 Å². The zero-order chi connectivity index (χ0) is 17.2. The van der Waals surface area contributed by atoms with Crippen LogP contribution in [0.3, 0.4) is 0 Å². The van der Waals surface area contributed by atoms with Crippen LogP contribution in [-0.2, 0) is 19.6 Å². The van der Waals surface area contributed by atoms with Gasteiger partial charge in [0.1, 0.15) is 11.1 Å². The van der Waals surface area contributed by atoms with Gasteiger partial charge in [-0.25, -0.2) is 8.42 Å². The molecule has 0 aromatic carbocycles. The first-order chi connectivity index (χ1) is 11.4. The number of rotatable bonds is 5. The van der Waals surface area contributed by atoms with E-state index in [9.17, 15) is 13.2 Å². The topological polar surface area (TPSA) is 105 Å². The van der Waals surface area contributed by atoms with Crippen LogP contribution in [0.5, 0.6) is 0 Å². The average molecular weight is 375 g/mol. The Morgan fingerprint density at radius 1 is 1.33 bits per heavy atom. The summed E-state index contributed by atoms with van der Waals surface area (Å²) in [6, 6.07) is 0. The lowest BCUT2D eigenvalue weighted by molar-refractivity contribution is -0.117. The van der Waals surface area contributed by atoms with E-state index in [-0.39, 0.29) is 18.6 Å². The van der Waals surface area contributed by atoms with Crippen molar-refractivity contribution in [2.75, 3.05) is 50.9 Å². The van der Waals surface area contributed by atoms with Crippen molar-refractivity contribution in [3.8, 4) is 0 Å². The third-order valence-corrected chi connectivity index (χ3v) is 6.29. The SMILES string of the molecule is CS(=O)(=O)N1CCN(CC(=O)Nc2nnc([C@@H]3CCCO3)s2)CC1. The fourth-order valence-corrected chi connectivity index (χ4v) is 4.44. The van der Waals surface area contributed by atoms with Gasteiger partial charge in [-0.05, 0) is 12.8 Å². The molecule has 0 aliphatic carbocycles. The van der Waals surface area contributed by atoms with E-state index >= 15 is 0 Å². The summed E-state index contributed by atoms with van der Waals surface area (Å²) in [6.07, 6.45) is 3.16. The molecule has 0 saturated carbocycles. The fourth-order valence-electron chi connectivity index (χ4n) is 2.77. The van der Waals surface area contributed by atoms with Gasteiger partial charge in [-0.15, -0.1) is 10.2 Å². The van der Waals surface area contributed by atoms with E-state index in [4.69, 9.17) is 4.74 Å². The predicted octanol–water partition coefficient (Wildman–Crippen LogP) is -0.0947. The molecule has 0 bridgehead atoms. The van der Waals surface area contributed by atoms with Crippen molar-refractivity contribution in [3.63, 3.8) is 0 Å². The van der Waals surface area contributed by atoms with Crippen molar-refractivity contribution in [3.05, 3.63) is 5.01 Å². The summed E-state index contributed by atoms with van der Waals surface area (Å²) in [7, 11) is -3.15. The normalized spacial score (nSPS) is 23.5. The third-order valence-electron chi connectivity index (χ3n) is 4.06. The molecule has 2 aliphatic heterocycles. The molecule has 24 heavy (non-hydrogen) atoms. The Bertz CT molecular complexity index is 678. The lowest BCUT2D eigenvalue weighted by Crippen LogP contribution is -2.50. The van der Waals surface area contributed by atoms with E-state index in [1.54, 1.807) is 0 Å². The van der Waals surface area contributed by atoms with E-state index in [0.717, 1.165) is 24.5 Å². The Balaban J connectivity index is 1.46. The molecule has 1 aromatic rings. The molecule has 1 atom stereocenters. The minimum atomic E-state index is -3.15. The van der Waals surface area contributed by atoms with Crippen LogP contribution >= 0.6 is 11.3 Å². The second kappa shape index (κ2) is 7.40. The number of anilines is 1. The number of nitrogens with one attached hydrogen (secondary N) is 1. The van der Waals surface area contributed by atoms with Gasteiger partial charge in [0.05, 0.1) is 12.8 Å². The van der Waals surface area contributed by atoms with E-state index in [1.165, 1.54) is 21.9 Å². The van der Waals surface area contributed by atoms with Crippen molar-refractivity contribution in [2.45, 2.75) is 18.9 Å². The smallest absolute Gasteiger partial charge is 0.240 e. The van der Waals surface area contributed by atoms with Gasteiger partial charge in [-0.2, -0.15) is 4.31 Å². The number of hydrogen-bond donors (Lipinski definition) is 1. The molecule has 0 spiro atoms. The van der Waals surface area contributed by atoms with Gasteiger partial charge in [-0.1, -0.05) is 11.3 Å². The summed E-state index contributed by atoms with van der Waals surface area (Å²) in [4.78, 5) is 14.0. The quantitative estimate of drug-likeness (QED) is 0.766. The molecular formula is C13H21N5O4S2. The maximum atomic E-state index is 12.1. The van der Waals surface area contributed by atoms with Crippen LogP contribution in [0.1, 0.15) is 24.0 Å². The van der Waals surface area contributed by atoms with Crippen molar-refractivity contribution in [1.29, 1.82) is 0 Å². The Hall–Kier alpha value is -1.14. The summed E-state index contributed by atoms with van der Waals surface area (Å²) in [5.41, 5.74) is 0. The lowest BCUT2D eigenvalue weighted by atomic mass is 10.2. The molecule has 3 rings (SSSR count). The molecule has 1 amide bonds. The van der Waals surface area contributed by atoms with Gasteiger partial charge in [0, 0.05) is 32.8 Å². The number of hydrogen-bond acceptors (Lipinski definition) is 8. The monoisotopic (exact) mass is 375 g/mol. The standard InChI is InChI=1S/C13H21N5O4S2/c1-24(20,21)18-6-4-17(5-7-18)9-11(19)14-13-16-15-12(23-13)10-3-2-8-22-10/h10H,2-9H2,1H3,(H,14,16,19)/t10-/m0/s1. The Morgan fingerprint density at radius 3 is 2.71 bits per heavy atom. The average Bonchev–Trinajstić information content (AvgIpc) is 3.17. The minimum Gasteiger partial charge on any atom is -0.371 e. The summed E-state index contributed by atoms with van der Waals surface area (Å²) >= 11 is 1.34. The largest absolute Gasteiger partial charge is 0.371 e. The number of nitrogens with zero attached hydrogens (tertiary/aromatic N) is 4. The maximum absolute atomic E-state index is 12.1. The number of carbonyl (C=O) groups is 1. The second-order valence-corrected chi connectivity index (χ2v) is 8.93. The first kappa shape index (κ1) is 17.7. The van der Waals surface area contributed by atoms with Crippen LogP contribution in [0.25, 0.3) is 0 Å². The lowest BCUT2D eigenvalue weighted by Gasteiger charge is -2.32. The van der Waals surface area contributed by atoms with E-state index < -0.39 is 10.0 Å². The number of carbonyl (C=O) groups excluding carboxylic acids is 1. The highest BCUT2D eigenvalue weighted by molar-refractivity contribution is 7.88. The van der Waals surface area contributed by atoms with Gasteiger partial charge in [-0.3, -0.25) is 15.0 Å². The minimum absolute atomic E-state index is 0.00257. The molecule has 9 nitrogen and oxygen atoms in total. The van der Waals surface area contributed by atoms with Crippen LogP contribution in [0.4, 0.5) is 5.13 Å². The van der Waals surface area contributed by atoms with Crippen LogP contribution < -0.4 is 5.32 Å².